The van der Waals surface area contributed by atoms with E-state index in [-0.39, 0.29) is 5.91 Å². The van der Waals surface area contributed by atoms with Crippen LogP contribution in [0.15, 0.2) is 59.5 Å². The number of amides is 1. The van der Waals surface area contributed by atoms with Gasteiger partial charge in [-0.1, -0.05) is 25.1 Å². The molecule has 2 aromatic carbocycles. The minimum atomic E-state index is -0.0510. The molecule has 0 bridgehead atoms. The number of pyridine rings is 1. The predicted octanol–water partition coefficient (Wildman–Crippen LogP) is 4.77. The van der Waals surface area contributed by atoms with Gasteiger partial charge >= 0.3 is 0 Å². The number of hydrogen-bond acceptors (Lipinski definition) is 4. The Hall–Kier alpha value is -2.53. The van der Waals surface area contributed by atoms with Crippen molar-refractivity contribution in [3.05, 3.63) is 60.3 Å². The molecule has 4 rings (SSSR count). The molecule has 1 aromatic heterocycles. The van der Waals surface area contributed by atoms with E-state index in [4.69, 9.17) is 4.74 Å². The Morgan fingerprint density at radius 2 is 2.04 bits per heavy atom. The topological polar surface area (TPSA) is 42.4 Å². The Kier molecular flexibility index (Phi) is 4.55. The van der Waals surface area contributed by atoms with Crippen LogP contribution in [0.3, 0.4) is 0 Å². The number of thioether (sulfide) groups is 1. The molecule has 1 aliphatic rings. The first-order valence-electron chi connectivity index (χ1n) is 8.68. The van der Waals surface area contributed by atoms with Gasteiger partial charge in [0, 0.05) is 22.1 Å². The van der Waals surface area contributed by atoms with Gasteiger partial charge in [0.1, 0.15) is 11.4 Å². The predicted molar refractivity (Wildman–Crippen MR) is 106 cm³/mol. The van der Waals surface area contributed by atoms with E-state index in [1.165, 1.54) is 0 Å². The van der Waals surface area contributed by atoms with Crippen molar-refractivity contribution in [2.24, 2.45) is 0 Å². The van der Waals surface area contributed by atoms with Gasteiger partial charge in [0.2, 0.25) is 0 Å². The van der Waals surface area contributed by atoms with E-state index in [0.717, 1.165) is 33.7 Å². The molecule has 0 saturated heterocycles. The Bertz CT molecular complexity index is 973. The summed E-state index contributed by atoms with van der Waals surface area (Å²) in [6.45, 7) is 2.91. The molecule has 4 nitrogen and oxygen atoms in total. The molecule has 132 valence electrons. The molecule has 26 heavy (non-hydrogen) atoms. The second-order valence-electron chi connectivity index (χ2n) is 6.40. The molecule has 0 spiro atoms. The number of fused-ring (bicyclic) bond motifs is 2. The van der Waals surface area contributed by atoms with Crippen molar-refractivity contribution >= 4 is 34.3 Å². The third kappa shape index (κ3) is 3.15. The van der Waals surface area contributed by atoms with E-state index in [2.05, 4.69) is 18.0 Å². The number of aromatic nitrogens is 1. The maximum atomic E-state index is 13.2. The van der Waals surface area contributed by atoms with Gasteiger partial charge in [0.15, 0.2) is 0 Å². The van der Waals surface area contributed by atoms with Crippen LogP contribution in [0.5, 0.6) is 5.75 Å². The Balaban J connectivity index is 1.72. The molecule has 0 N–H and O–H groups in total. The lowest BCUT2D eigenvalue weighted by Crippen LogP contribution is -2.32. The lowest BCUT2D eigenvalue weighted by atomic mass is 10.1. The van der Waals surface area contributed by atoms with Gasteiger partial charge in [-0.2, -0.15) is 0 Å². The van der Waals surface area contributed by atoms with Crippen LogP contribution in [0.1, 0.15) is 23.8 Å². The van der Waals surface area contributed by atoms with Gasteiger partial charge in [0.25, 0.3) is 5.91 Å². The first kappa shape index (κ1) is 16.9. The second kappa shape index (κ2) is 7.00. The lowest BCUT2D eigenvalue weighted by Gasteiger charge is -2.22. The molecule has 5 heteroatoms. The van der Waals surface area contributed by atoms with Crippen LogP contribution in [-0.4, -0.2) is 29.8 Å². The number of anilines is 1. The molecule has 0 fully saturated rings. The summed E-state index contributed by atoms with van der Waals surface area (Å²) in [6, 6.07) is 17.5. The van der Waals surface area contributed by atoms with Gasteiger partial charge in [0.05, 0.1) is 18.3 Å². The summed E-state index contributed by atoms with van der Waals surface area (Å²) in [7, 11) is 1.64. The number of ether oxygens (including phenoxy) is 1. The highest BCUT2D eigenvalue weighted by Gasteiger charge is 2.25. The van der Waals surface area contributed by atoms with Crippen LogP contribution in [0.2, 0.25) is 0 Å². The molecule has 1 aliphatic heterocycles. The normalized spacial score (nSPS) is 16.8. The monoisotopic (exact) mass is 364 g/mol. The van der Waals surface area contributed by atoms with Gasteiger partial charge in [-0.05, 0) is 42.8 Å². The molecule has 0 radical (unpaired) electrons. The molecule has 1 amide bonds. The summed E-state index contributed by atoms with van der Waals surface area (Å²) in [5, 5.41) is 1.44. The number of para-hydroxylation sites is 1. The summed E-state index contributed by atoms with van der Waals surface area (Å²) in [5.41, 5.74) is 2.24. The quantitative estimate of drug-likeness (QED) is 0.657. The number of methoxy groups -OCH3 is 1. The summed E-state index contributed by atoms with van der Waals surface area (Å²) in [5.74, 6) is 0.732. The van der Waals surface area contributed by atoms with E-state index < -0.39 is 0 Å². The maximum Gasteiger partial charge on any atom is 0.276 e. The van der Waals surface area contributed by atoms with Crippen molar-refractivity contribution in [3.8, 4) is 5.75 Å². The zero-order valence-corrected chi connectivity index (χ0v) is 15.6. The van der Waals surface area contributed by atoms with Crippen LogP contribution >= 0.6 is 11.8 Å². The standard InChI is InChI=1S/C21H20N2O2S/c1-14-11-12-23(19-5-3-4-6-20(19)26-14)21(24)18-9-7-15-13-16(25-2)8-10-17(15)22-18/h3-10,13-14H,11-12H2,1-2H3/t14-/m0/s1. The van der Waals surface area contributed by atoms with E-state index in [0.29, 0.717) is 17.5 Å². The molecule has 2 heterocycles. The van der Waals surface area contributed by atoms with Crippen molar-refractivity contribution < 1.29 is 9.53 Å². The molecule has 0 saturated carbocycles. The van der Waals surface area contributed by atoms with Gasteiger partial charge < -0.3 is 9.64 Å². The largest absolute Gasteiger partial charge is 0.497 e. The highest BCUT2D eigenvalue weighted by Crippen LogP contribution is 2.37. The van der Waals surface area contributed by atoms with Gasteiger partial charge in [-0.3, -0.25) is 4.79 Å². The number of benzene rings is 2. The third-order valence-electron chi connectivity index (χ3n) is 4.60. The Morgan fingerprint density at radius 3 is 2.88 bits per heavy atom. The molecular formula is C21H20N2O2S. The van der Waals surface area contributed by atoms with E-state index >= 15 is 0 Å². The van der Waals surface area contributed by atoms with Crippen molar-refractivity contribution in [2.45, 2.75) is 23.5 Å². The first-order chi connectivity index (χ1) is 12.7. The number of carbonyl (C=O) groups is 1. The van der Waals surface area contributed by atoms with Crippen molar-refractivity contribution in [2.75, 3.05) is 18.6 Å². The fraction of sp³-hybridized carbons (Fsp3) is 0.238. The average Bonchev–Trinajstić information content (AvgIpc) is 2.84. The number of carbonyl (C=O) groups excluding carboxylic acids is 1. The number of nitrogens with zero attached hydrogens (tertiary/aromatic N) is 2. The van der Waals surface area contributed by atoms with Crippen LogP contribution in [-0.2, 0) is 0 Å². The summed E-state index contributed by atoms with van der Waals surface area (Å²) in [4.78, 5) is 20.8. The van der Waals surface area contributed by atoms with Crippen LogP contribution in [0, 0.1) is 0 Å². The fourth-order valence-electron chi connectivity index (χ4n) is 3.19. The van der Waals surface area contributed by atoms with E-state index in [1.54, 1.807) is 13.2 Å². The highest BCUT2D eigenvalue weighted by atomic mass is 32.2. The molecule has 0 aliphatic carbocycles. The van der Waals surface area contributed by atoms with Crippen molar-refractivity contribution in [1.29, 1.82) is 0 Å². The fourth-order valence-corrected chi connectivity index (χ4v) is 4.30. The summed E-state index contributed by atoms with van der Waals surface area (Å²) in [6.07, 6.45) is 0.954. The number of rotatable bonds is 2. The first-order valence-corrected chi connectivity index (χ1v) is 9.56. The van der Waals surface area contributed by atoms with Gasteiger partial charge in [-0.15, -0.1) is 11.8 Å². The summed E-state index contributed by atoms with van der Waals surface area (Å²) < 4.78 is 5.25. The SMILES string of the molecule is COc1ccc2nc(C(=O)N3CC[C@H](C)Sc4ccccc43)ccc2c1. The summed E-state index contributed by atoms with van der Waals surface area (Å²) >= 11 is 1.83. The van der Waals surface area contributed by atoms with E-state index in [9.17, 15) is 4.79 Å². The van der Waals surface area contributed by atoms with Crippen LogP contribution in [0.4, 0.5) is 5.69 Å². The average molecular weight is 364 g/mol. The molecule has 0 unspecified atom stereocenters. The highest BCUT2D eigenvalue weighted by molar-refractivity contribution is 8.00. The molecule has 1 atom stereocenters. The van der Waals surface area contributed by atoms with Crippen LogP contribution < -0.4 is 9.64 Å². The molecule has 3 aromatic rings. The van der Waals surface area contributed by atoms with Crippen molar-refractivity contribution in [1.82, 2.24) is 4.98 Å². The van der Waals surface area contributed by atoms with Gasteiger partial charge in [-0.25, -0.2) is 4.98 Å². The van der Waals surface area contributed by atoms with E-state index in [1.807, 2.05) is 59.1 Å². The lowest BCUT2D eigenvalue weighted by molar-refractivity contribution is 0.0982. The minimum absolute atomic E-state index is 0.0510. The zero-order valence-electron chi connectivity index (χ0n) is 14.8. The molecular weight excluding hydrogens is 344 g/mol. The third-order valence-corrected chi connectivity index (χ3v) is 5.84. The second-order valence-corrected chi connectivity index (χ2v) is 7.88. The zero-order chi connectivity index (χ0) is 18.1. The Labute approximate surface area is 157 Å². The Morgan fingerprint density at radius 1 is 1.19 bits per heavy atom. The number of hydrogen-bond donors (Lipinski definition) is 0. The maximum absolute atomic E-state index is 13.2. The minimum Gasteiger partial charge on any atom is -0.497 e. The smallest absolute Gasteiger partial charge is 0.276 e. The van der Waals surface area contributed by atoms with Crippen molar-refractivity contribution in [3.63, 3.8) is 0 Å². The van der Waals surface area contributed by atoms with Crippen LogP contribution in [0.25, 0.3) is 10.9 Å².